The minimum Gasteiger partial charge on any atom is -0.345 e. The van der Waals surface area contributed by atoms with E-state index in [9.17, 15) is 8.42 Å². The van der Waals surface area contributed by atoms with Crippen molar-refractivity contribution in [3.63, 3.8) is 0 Å². The van der Waals surface area contributed by atoms with Crippen LogP contribution in [0, 0.1) is 6.92 Å². The number of aryl methyl sites for hydroxylation is 1. The molecule has 4 aromatic rings. The molecule has 1 aliphatic carbocycles. The highest BCUT2D eigenvalue weighted by Crippen LogP contribution is 2.35. The van der Waals surface area contributed by atoms with E-state index in [-0.39, 0.29) is 16.9 Å². The highest BCUT2D eigenvalue weighted by molar-refractivity contribution is 9.10. The molecular weight excluding hydrogens is 456 g/mol. The van der Waals surface area contributed by atoms with Crippen molar-refractivity contribution in [1.29, 1.82) is 0 Å². The number of sulfonamides is 1. The third-order valence-electron chi connectivity index (χ3n) is 5.53. The first kappa shape index (κ1) is 18.7. The van der Waals surface area contributed by atoms with E-state index in [0.717, 1.165) is 39.9 Å². The second kappa shape index (κ2) is 6.89. The summed E-state index contributed by atoms with van der Waals surface area (Å²) >= 11 is 3.41. The van der Waals surface area contributed by atoms with Gasteiger partial charge in [-0.2, -0.15) is 0 Å². The van der Waals surface area contributed by atoms with Crippen molar-refractivity contribution in [2.45, 2.75) is 43.0 Å². The molecule has 1 aliphatic rings. The number of fused-ring (bicyclic) bond motifs is 3. The van der Waals surface area contributed by atoms with Crippen LogP contribution in [0.3, 0.4) is 0 Å². The van der Waals surface area contributed by atoms with Gasteiger partial charge in [-0.3, -0.25) is 4.40 Å². The Balaban J connectivity index is 1.40. The highest BCUT2D eigenvalue weighted by Gasteiger charge is 2.32. The minimum atomic E-state index is -3.57. The Morgan fingerprint density at radius 2 is 2.10 bits per heavy atom. The maximum Gasteiger partial charge on any atom is 0.240 e. The van der Waals surface area contributed by atoms with Gasteiger partial charge >= 0.3 is 0 Å². The number of benzene rings is 1. The maximum atomic E-state index is 12.8. The summed E-state index contributed by atoms with van der Waals surface area (Å²) in [6.07, 6.45) is 5.83. The van der Waals surface area contributed by atoms with Crippen LogP contribution in [0.2, 0.25) is 0 Å². The van der Waals surface area contributed by atoms with Gasteiger partial charge in [0.2, 0.25) is 10.0 Å². The summed E-state index contributed by atoms with van der Waals surface area (Å²) in [5.41, 5.74) is 3.29. The third kappa shape index (κ3) is 3.24. The van der Waals surface area contributed by atoms with E-state index in [1.807, 2.05) is 23.6 Å². The zero-order chi connectivity index (χ0) is 20.2. The van der Waals surface area contributed by atoms with Gasteiger partial charge in [-0.05, 0) is 56.0 Å². The fourth-order valence-corrected chi connectivity index (χ4v) is 5.67. The molecule has 0 aliphatic heterocycles. The topological polar surface area (TPSA) is 105 Å². The first-order valence-corrected chi connectivity index (χ1v) is 11.7. The Bertz CT molecular complexity index is 1330. The number of aromatic nitrogens is 5. The predicted octanol–water partition coefficient (Wildman–Crippen LogP) is 3.29. The highest BCUT2D eigenvalue weighted by atomic mass is 79.9. The number of halogens is 1. The van der Waals surface area contributed by atoms with Crippen molar-refractivity contribution < 1.29 is 8.42 Å². The van der Waals surface area contributed by atoms with Crippen molar-refractivity contribution >= 4 is 42.8 Å². The van der Waals surface area contributed by atoms with E-state index >= 15 is 0 Å². The zero-order valence-electron chi connectivity index (χ0n) is 15.6. The number of nitrogens with one attached hydrogen (secondary N) is 2. The molecular formula is C19H19BrN6O2S. The van der Waals surface area contributed by atoms with Crippen LogP contribution < -0.4 is 4.72 Å². The Labute approximate surface area is 175 Å². The van der Waals surface area contributed by atoms with E-state index in [1.165, 1.54) is 0 Å². The summed E-state index contributed by atoms with van der Waals surface area (Å²) in [7, 11) is -3.57. The van der Waals surface area contributed by atoms with Crippen LogP contribution >= 0.6 is 15.9 Å². The van der Waals surface area contributed by atoms with E-state index in [1.54, 1.807) is 24.4 Å². The first-order chi connectivity index (χ1) is 13.9. The van der Waals surface area contributed by atoms with Crippen LogP contribution in [0.1, 0.15) is 36.6 Å². The van der Waals surface area contributed by atoms with Crippen LogP contribution in [0.5, 0.6) is 0 Å². The standard InChI is InChI=1S/C19H19BrN6O2S/c1-11-8-14(4-5-15(11)20)29(27,28)25-13-3-2-12(9-13)19-24-23-17-10-22-18-16(26(17)19)6-7-21-18/h4-8,10,12-13,21,25H,2-3,9H2,1H3/t12-,13+/m1/s1. The molecule has 8 nitrogen and oxygen atoms in total. The largest absolute Gasteiger partial charge is 0.345 e. The molecule has 0 unspecified atom stereocenters. The third-order valence-corrected chi connectivity index (χ3v) is 7.93. The van der Waals surface area contributed by atoms with E-state index in [2.05, 4.69) is 40.8 Å². The zero-order valence-corrected chi connectivity index (χ0v) is 18.0. The average molecular weight is 475 g/mol. The second-order valence-electron chi connectivity index (χ2n) is 7.46. The van der Waals surface area contributed by atoms with Crippen molar-refractivity contribution in [2.24, 2.45) is 0 Å². The number of nitrogens with zero attached hydrogens (tertiary/aromatic N) is 4. The molecule has 1 aromatic carbocycles. The minimum absolute atomic E-state index is 0.129. The molecule has 0 spiro atoms. The van der Waals surface area contributed by atoms with E-state index < -0.39 is 10.0 Å². The van der Waals surface area contributed by atoms with E-state index in [4.69, 9.17) is 0 Å². The molecule has 0 amide bonds. The second-order valence-corrected chi connectivity index (χ2v) is 10.0. The molecule has 150 valence electrons. The van der Waals surface area contributed by atoms with E-state index in [0.29, 0.717) is 12.1 Å². The Morgan fingerprint density at radius 3 is 2.93 bits per heavy atom. The molecule has 10 heteroatoms. The SMILES string of the molecule is Cc1cc(S(=O)(=O)N[C@H]2CC[C@@H](c3nnc4cnc5[nH]ccc5n34)C2)ccc1Br. The summed E-state index contributed by atoms with van der Waals surface area (Å²) in [6, 6.07) is 6.88. The Kier molecular flexibility index (Phi) is 4.45. The van der Waals surface area contributed by atoms with Crippen molar-refractivity contribution in [1.82, 2.24) is 29.3 Å². The summed E-state index contributed by atoms with van der Waals surface area (Å²) in [5.74, 6) is 0.984. The number of H-pyrrole nitrogens is 1. The maximum absolute atomic E-state index is 12.8. The van der Waals surface area contributed by atoms with Gasteiger partial charge < -0.3 is 4.98 Å². The molecule has 5 rings (SSSR count). The molecule has 2 N–H and O–H groups in total. The molecule has 1 fully saturated rings. The predicted molar refractivity (Wildman–Crippen MR) is 112 cm³/mol. The number of rotatable bonds is 4. The lowest BCUT2D eigenvalue weighted by molar-refractivity contribution is 0.546. The van der Waals surface area contributed by atoms with Crippen molar-refractivity contribution in [3.8, 4) is 0 Å². The fraction of sp³-hybridized carbons (Fsp3) is 0.316. The lowest BCUT2D eigenvalue weighted by Crippen LogP contribution is -2.33. The van der Waals surface area contributed by atoms with Gasteiger partial charge in [-0.25, -0.2) is 18.1 Å². The van der Waals surface area contributed by atoms with Crippen LogP contribution in [0.4, 0.5) is 0 Å². The van der Waals surface area contributed by atoms with Gasteiger partial charge in [0.05, 0.1) is 16.6 Å². The molecule has 1 saturated carbocycles. The fourth-order valence-electron chi connectivity index (χ4n) is 4.06. The van der Waals surface area contributed by atoms with Gasteiger partial charge in [-0.15, -0.1) is 10.2 Å². The van der Waals surface area contributed by atoms with Crippen LogP contribution in [-0.4, -0.2) is 39.0 Å². The molecule has 0 saturated heterocycles. The van der Waals surface area contributed by atoms with Gasteiger partial charge in [0, 0.05) is 22.6 Å². The Hall–Kier alpha value is -2.30. The van der Waals surface area contributed by atoms with Gasteiger partial charge in [-0.1, -0.05) is 15.9 Å². The quantitative estimate of drug-likeness (QED) is 0.471. The summed E-state index contributed by atoms with van der Waals surface area (Å²) in [6.45, 7) is 1.88. The smallest absolute Gasteiger partial charge is 0.240 e. The lowest BCUT2D eigenvalue weighted by Gasteiger charge is -2.14. The van der Waals surface area contributed by atoms with Gasteiger partial charge in [0.15, 0.2) is 11.3 Å². The molecule has 0 radical (unpaired) electrons. The molecule has 0 bridgehead atoms. The number of hydrogen-bond donors (Lipinski definition) is 2. The Morgan fingerprint density at radius 1 is 1.24 bits per heavy atom. The van der Waals surface area contributed by atoms with Crippen LogP contribution in [0.15, 0.2) is 46.0 Å². The summed E-state index contributed by atoms with van der Waals surface area (Å²) in [4.78, 5) is 7.74. The molecule has 3 heterocycles. The monoisotopic (exact) mass is 474 g/mol. The van der Waals surface area contributed by atoms with Crippen LogP contribution in [-0.2, 0) is 10.0 Å². The van der Waals surface area contributed by atoms with Crippen molar-refractivity contribution in [2.75, 3.05) is 0 Å². The van der Waals surface area contributed by atoms with Crippen molar-refractivity contribution in [3.05, 3.63) is 52.5 Å². The van der Waals surface area contributed by atoms with Gasteiger partial charge in [0.1, 0.15) is 5.82 Å². The summed E-state index contributed by atoms with van der Waals surface area (Å²) in [5, 5.41) is 8.65. The number of aromatic amines is 1. The molecule has 2 atom stereocenters. The average Bonchev–Trinajstić information content (AvgIpc) is 3.40. The van der Waals surface area contributed by atoms with Gasteiger partial charge in [0.25, 0.3) is 0 Å². The summed E-state index contributed by atoms with van der Waals surface area (Å²) < 4.78 is 31.4. The molecule has 29 heavy (non-hydrogen) atoms. The first-order valence-electron chi connectivity index (χ1n) is 9.38. The lowest BCUT2D eigenvalue weighted by atomic mass is 10.1. The normalized spacial score (nSPS) is 20.1. The van der Waals surface area contributed by atoms with Crippen LogP contribution in [0.25, 0.3) is 16.8 Å². The number of hydrogen-bond acceptors (Lipinski definition) is 5. The molecule has 3 aromatic heterocycles.